The average molecular weight is 527 g/mol. The maximum absolute atomic E-state index is 12.8. The smallest absolute Gasteiger partial charge is 0.253 e. The Bertz CT molecular complexity index is 1170. The van der Waals surface area contributed by atoms with Crippen molar-refractivity contribution in [2.24, 2.45) is 13.0 Å². The number of carbonyl (C=O) groups is 2. The molecule has 7 nitrogen and oxygen atoms in total. The number of aromatic nitrogens is 3. The van der Waals surface area contributed by atoms with Crippen LogP contribution in [0, 0.1) is 5.92 Å². The predicted octanol–water partition coefficient (Wildman–Crippen LogP) is 5.63. The molecule has 0 aliphatic heterocycles. The molecule has 0 bridgehead atoms. The van der Waals surface area contributed by atoms with Crippen LogP contribution in [0.25, 0.3) is 0 Å². The van der Waals surface area contributed by atoms with Gasteiger partial charge < -0.3 is 15.2 Å². The van der Waals surface area contributed by atoms with E-state index in [-0.39, 0.29) is 28.5 Å². The molecule has 0 radical (unpaired) electrons. The van der Waals surface area contributed by atoms with Crippen molar-refractivity contribution in [2.75, 3.05) is 11.1 Å². The summed E-state index contributed by atoms with van der Waals surface area (Å²) in [5, 5.41) is 15.9. The van der Waals surface area contributed by atoms with Gasteiger partial charge >= 0.3 is 0 Å². The Labute approximate surface area is 211 Å². The summed E-state index contributed by atoms with van der Waals surface area (Å²) in [4.78, 5) is 25.2. The van der Waals surface area contributed by atoms with Gasteiger partial charge in [-0.2, -0.15) is 0 Å². The SMILES string of the molecule is CC(C)[C@H](NC(=O)c1ccc(Cl)cc1Cl)c1nnc(SCC(=O)Nc2ccccc2Cl)n1C. The molecule has 11 heteroatoms. The number of carbonyl (C=O) groups excluding carboxylic acids is 2. The van der Waals surface area contributed by atoms with Crippen molar-refractivity contribution in [3.8, 4) is 0 Å². The Morgan fingerprint density at radius 2 is 1.79 bits per heavy atom. The summed E-state index contributed by atoms with van der Waals surface area (Å²) in [6, 6.07) is 11.3. The van der Waals surface area contributed by atoms with Crippen LogP contribution in [0.4, 0.5) is 5.69 Å². The van der Waals surface area contributed by atoms with Gasteiger partial charge in [0.1, 0.15) is 0 Å². The van der Waals surface area contributed by atoms with Crippen LogP contribution >= 0.6 is 46.6 Å². The molecular formula is C22H22Cl3N5O2S. The van der Waals surface area contributed by atoms with E-state index in [9.17, 15) is 9.59 Å². The van der Waals surface area contributed by atoms with E-state index < -0.39 is 6.04 Å². The standard InChI is InChI=1S/C22H22Cl3N5O2S/c1-12(2)19(27-21(32)14-9-8-13(23)10-16(14)25)20-28-29-22(30(20)3)33-11-18(31)26-17-7-5-4-6-15(17)24/h4-10,12,19H,11H2,1-3H3,(H,26,31)(H,27,32)/t19-/m0/s1. The number of para-hydroxylation sites is 1. The lowest BCUT2D eigenvalue weighted by Gasteiger charge is -2.22. The lowest BCUT2D eigenvalue weighted by atomic mass is 10.0. The third kappa shape index (κ3) is 6.41. The zero-order valence-corrected chi connectivity index (χ0v) is 21.2. The zero-order chi connectivity index (χ0) is 24.1. The van der Waals surface area contributed by atoms with Gasteiger partial charge in [-0.3, -0.25) is 9.59 Å². The lowest BCUT2D eigenvalue weighted by molar-refractivity contribution is -0.113. The molecular weight excluding hydrogens is 505 g/mol. The summed E-state index contributed by atoms with van der Waals surface area (Å²) >= 11 is 19.4. The molecule has 33 heavy (non-hydrogen) atoms. The van der Waals surface area contributed by atoms with Crippen LogP contribution in [0.5, 0.6) is 0 Å². The molecule has 1 heterocycles. The van der Waals surface area contributed by atoms with Crippen molar-refractivity contribution in [3.05, 3.63) is 68.9 Å². The third-order valence-electron chi connectivity index (χ3n) is 4.76. The second kappa shape index (κ2) is 11.2. The van der Waals surface area contributed by atoms with Gasteiger partial charge in [0, 0.05) is 12.1 Å². The maximum atomic E-state index is 12.8. The second-order valence-electron chi connectivity index (χ2n) is 7.54. The number of halogens is 3. The van der Waals surface area contributed by atoms with Crippen molar-refractivity contribution < 1.29 is 9.59 Å². The molecule has 0 saturated heterocycles. The molecule has 3 aromatic rings. The van der Waals surface area contributed by atoms with Gasteiger partial charge in [-0.1, -0.05) is 72.5 Å². The monoisotopic (exact) mass is 525 g/mol. The molecule has 2 amide bonds. The van der Waals surface area contributed by atoms with Crippen molar-refractivity contribution in [3.63, 3.8) is 0 Å². The van der Waals surface area contributed by atoms with Crippen molar-refractivity contribution in [1.82, 2.24) is 20.1 Å². The van der Waals surface area contributed by atoms with Gasteiger partial charge in [0.15, 0.2) is 11.0 Å². The molecule has 0 fully saturated rings. The van der Waals surface area contributed by atoms with Crippen molar-refractivity contribution in [2.45, 2.75) is 25.0 Å². The summed E-state index contributed by atoms with van der Waals surface area (Å²) < 4.78 is 1.77. The number of nitrogens with one attached hydrogen (secondary N) is 2. The second-order valence-corrected chi connectivity index (χ2v) is 9.73. The van der Waals surface area contributed by atoms with Crippen LogP contribution in [-0.4, -0.2) is 32.3 Å². The van der Waals surface area contributed by atoms with Crippen molar-refractivity contribution >= 4 is 64.1 Å². The number of rotatable bonds is 8. The van der Waals surface area contributed by atoms with E-state index >= 15 is 0 Å². The number of anilines is 1. The minimum absolute atomic E-state index is 0.0179. The minimum Gasteiger partial charge on any atom is -0.342 e. The molecule has 0 spiro atoms. The van der Waals surface area contributed by atoms with E-state index in [4.69, 9.17) is 34.8 Å². The van der Waals surface area contributed by atoms with Gasteiger partial charge in [-0.25, -0.2) is 0 Å². The Kier molecular flexibility index (Phi) is 8.64. The molecule has 174 valence electrons. The summed E-state index contributed by atoms with van der Waals surface area (Å²) in [5.41, 5.74) is 0.867. The number of thioether (sulfide) groups is 1. The molecule has 3 rings (SSSR count). The Morgan fingerprint density at radius 1 is 1.06 bits per heavy atom. The fraction of sp³-hybridized carbons (Fsp3) is 0.273. The first-order chi connectivity index (χ1) is 15.7. The molecule has 1 aromatic heterocycles. The topological polar surface area (TPSA) is 88.9 Å². The first kappa shape index (κ1) is 25.4. The van der Waals surface area contributed by atoms with Crippen LogP contribution in [-0.2, 0) is 11.8 Å². The largest absolute Gasteiger partial charge is 0.342 e. The minimum atomic E-state index is -0.423. The highest BCUT2D eigenvalue weighted by atomic mass is 35.5. The molecule has 0 saturated carbocycles. The van der Waals surface area contributed by atoms with Gasteiger partial charge in [0.05, 0.1) is 33.1 Å². The van der Waals surface area contributed by atoms with Gasteiger partial charge in [-0.15, -0.1) is 10.2 Å². The average Bonchev–Trinajstić information content (AvgIpc) is 3.11. The van der Waals surface area contributed by atoms with Crippen LogP contribution < -0.4 is 10.6 Å². The van der Waals surface area contributed by atoms with Gasteiger partial charge in [0.25, 0.3) is 5.91 Å². The van der Waals surface area contributed by atoms with Crippen molar-refractivity contribution in [1.29, 1.82) is 0 Å². The normalized spacial score (nSPS) is 12.0. The molecule has 0 aliphatic carbocycles. The van der Waals surface area contributed by atoms with Crippen LogP contribution in [0.2, 0.25) is 15.1 Å². The van der Waals surface area contributed by atoms with Crippen LogP contribution in [0.1, 0.15) is 36.1 Å². The number of hydrogen-bond acceptors (Lipinski definition) is 5. The van der Waals surface area contributed by atoms with E-state index in [0.29, 0.717) is 32.3 Å². The molecule has 1 atom stereocenters. The van der Waals surface area contributed by atoms with Crippen LogP contribution in [0.3, 0.4) is 0 Å². The number of nitrogens with zero attached hydrogens (tertiary/aromatic N) is 3. The van der Waals surface area contributed by atoms with Gasteiger partial charge in [0.2, 0.25) is 5.91 Å². The Hall–Kier alpha value is -2.26. The maximum Gasteiger partial charge on any atom is 0.253 e. The summed E-state index contributed by atoms with van der Waals surface area (Å²) in [7, 11) is 1.79. The Morgan fingerprint density at radius 3 is 2.45 bits per heavy atom. The van der Waals surface area contributed by atoms with E-state index in [2.05, 4.69) is 20.8 Å². The van der Waals surface area contributed by atoms with Gasteiger partial charge in [-0.05, 0) is 36.2 Å². The summed E-state index contributed by atoms with van der Waals surface area (Å²) in [6.07, 6.45) is 0. The fourth-order valence-electron chi connectivity index (χ4n) is 3.02. The molecule has 2 N–H and O–H groups in total. The highest BCUT2D eigenvalue weighted by Crippen LogP contribution is 2.27. The quantitative estimate of drug-likeness (QED) is 0.371. The third-order valence-corrected chi connectivity index (χ3v) is 6.65. The van der Waals surface area contributed by atoms with E-state index in [1.165, 1.54) is 17.8 Å². The first-order valence-electron chi connectivity index (χ1n) is 9.99. The van der Waals surface area contributed by atoms with E-state index in [1.54, 1.807) is 48.0 Å². The van der Waals surface area contributed by atoms with Crippen LogP contribution in [0.15, 0.2) is 47.6 Å². The highest BCUT2D eigenvalue weighted by Gasteiger charge is 2.26. The molecule has 0 aliphatic rings. The summed E-state index contributed by atoms with van der Waals surface area (Å²) in [6.45, 7) is 3.93. The van der Waals surface area contributed by atoms with E-state index in [0.717, 1.165) is 0 Å². The first-order valence-corrected chi connectivity index (χ1v) is 12.1. The Balaban J connectivity index is 1.69. The molecule has 2 aromatic carbocycles. The zero-order valence-electron chi connectivity index (χ0n) is 18.1. The summed E-state index contributed by atoms with van der Waals surface area (Å²) in [5.74, 6) is 0.146. The number of amides is 2. The van der Waals surface area contributed by atoms with E-state index in [1.807, 2.05) is 13.8 Å². The number of hydrogen-bond donors (Lipinski definition) is 2. The lowest BCUT2D eigenvalue weighted by Crippen LogP contribution is -2.33. The molecule has 0 unspecified atom stereocenters. The highest BCUT2D eigenvalue weighted by molar-refractivity contribution is 7.99. The predicted molar refractivity (Wildman–Crippen MR) is 133 cm³/mol. The fourth-order valence-corrected chi connectivity index (χ4v) is 4.42. The number of benzene rings is 2.